The van der Waals surface area contributed by atoms with Crippen molar-refractivity contribution in [2.75, 3.05) is 45.2 Å². The molecule has 1 saturated heterocycles. The van der Waals surface area contributed by atoms with Gasteiger partial charge in [0.25, 0.3) is 0 Å². The molecule has 12 heteroatoms. The van der Waals surface area contributed by atoms with Crippen LogP contribution in [0.15, 0.2) is 36.9 Å². The highest BCUT2D eigenvalue weighted by atomic mass is 19.4. The number of aromatic nitrogens is 6. The second-order valence-corrected chi connectivity index (χ2v) is 8.24. The highest BCUT2D eigenvalue weighted by molar-refractivity contribution is 5.75. The molecule has 0 aromatic carbocycles. The summed E-state index contributed by atoms with van der Waals surface area (Å²) in [5, 5.41) is 11.1. The average Bonchev–Trinajstić information content (AvgIpc) is 3.45. The minimum atomic E-state index is -4.44. The van der Waals surface area contributed by atoms with Crippen molar-refractivity contribution < 1.29 is 17.9 Å². The van der Waals surface area contributed by atoms with Gasteiger partial charge in [-0.05, 0) is 25.2 Å². The lowest BCUT2D eigenvalue weighted by Gasteiger charge is -2.33. The second kappa shape index (κ2) is 8.60. The number of alkyl halides is 3. The normalized spacial score (nSPS) is 15.3. The number of pyridine rings is 2. The summed E-state index contributed by atoms with van der Waals surface area (Å²) < 4.78 is 47.5. The fourth-order valence-corrected chi connectivity index (χ4v) is 4.15. The number of nitrogens with zero attached hydrogens (tertiary/aromatic N) is 7. The second-order valence-electron chi connectivity index (χ2n) is 8.24. The van der Waals surface area contributed by atoms with Crippen LogP contribution in [-0.4, -0.2) is 81.2 Å². The first kappa shape index (κ1) is 22.1. The molecule has 0 amide bonds. The quantitative estimate of drug-likeness (QED) is 0.478. The third-order valence-electron chi connectivity index (χ3n) is 5.95. The van der Waals surface area contributed by atoms with Crippen molar-refractivity contribution in [1.82, 2.24) is 34.7 Å². The molecule has 0 spiro atoms. The Kier molecular flexibility index (Phi) is 5.60. The molecule has 4 aromatic rings. The van der Waals surface area contributed by atoms with Gasteiger partial charge in [0.05, 0.1) is 42.5 Å². The number of likely N-dealkylation sites (N-methyl/N-ethyl adjacent to an activating group) is 1. The summed E-state index contributed by atoms with van der Waals surface area (Å²) in [4.78, 5) is 13.0. The molecule has 1 N–H and O–H groups in total. The van der Waals surface area contributed by atoms with E-state index in [1.165, 1.54) is 18.0 Å². The van der Waals surface area contributed by atoms with Gasteiger partial charge in [0.15, 0.2) is 11.4 Å². The predicted molar refractivity (Wildman–Crippen MR) is 120 cm³/mol. The van der Waals surface area contributed by atoms with E-state index in [1.54, 1.807) is 24.5 Å². The van der Waals surface area contributed by atoms with Gasteiger partial charge >= 0.3 is 6.18 Å². The molecule has 1 aliphatic heterocycles. The number of anilines is 1. The molecule has 5 heterocycles. The number of halogens is 3. The summed E-state index contributed by atoms with van der Waals surface area (Å²) in [6.45, 7) is 3.64. The van der Waals surface area contributed by atoms with E-state index in [-0.39, 0.29) is 17.0 Å². The van der Waals surface area contributed by atoms with Gasteiger partial charge in [-0.3, -0.25) is 10.1 Å². The van der Waals surface area contributed by atoms with Gasteiger partial charge in [-0.2, -0.15) is 23.4 Å². The first-order chi connectivity index (χ1) is 16.3. The summed E-state index contributed by atoms with van der Waals surface area (Å²) in [7, 11) is 3.54. The topological polar surface area (TPSA) is 87.5 Å². The van der Waals surface area contributed by atoms with Gasteiger partial charge in [0.2, 0.25) is 0 Å². The lowest BCUT2D eigenvalue weighted by Crippen LogP contribution is -2.44. The van der Waals surface area contributed by atoms with E-state index in [4.69, 9.17) is 4.74 Å². The fourth-order valence-electron chi connectivity index (χ4n) is 4.15. The standard InChI is InChI=1S/C22H23F3N8O/c1-31-5-7-32(8-6-31)15-3-4-17(26-11-15)20-16(10-22(23,24)25)19(29-30-20)14-9-18(34-2)21-27-13-28-33(21)12-14/h3-4,9,11-13H,5-8,10H2,1-2H3,(H,29,30). The number of piperazine rings is 1. The number of nitrogens with one attached hydrogen (secondary N) is 1. The van der Waals surface area contributed by atoms with Crippen LogP contribution < -0.4 is 9.64 Å². The van der Waals surface area contributed by atoms with Gasteiger partial charge in [-0.25, -0.2) is 9.50 Å². The zero-order chi connectivity index (χ0) is 23.9. The van der Waals surface area contributed by atoms with Crippen LogP contribution in [0.4, 0.5) is 18.9 Å². The smallest absolute Gasteiger partial charge is 0.393 e. The van der Waals surface area contributed by atoms with Crippen LogP contribution in [0, 0.1) is 0 Å². The van der Waals surface area contributed by atoms with Crippen molar-refractivity contribution in [1.29, 1.82) is 0 Å². The number of ether oxygens (including phenoxy) is 1. The molecule has 0 bridgehead atoms. The molecule has 0 unspecified atom stereocenters. The Hall–Kier alpha value is -3.67. The molecule has 1 aliphatic rings. The van der Waals surface area contributed by atoms with E-state index >= 15 is 0 Å². The van der Waals surface area contributed by atoms with E-state index in [0.717, 1.165) is 31.9 Å². The molecule has 4 aromatic heterocycles. The maximum Gasteiger partial charge on any atom is 0.393 e. The maximum absolute atomic E-state index is 13.6. The van der Waals surface area contributed by atoms with Gasteiger partial charge < -0.3 is 14.5 Å². The molecular weight excluding hydrogens is 449 g/mol. The van der Waals surface area contributed by atoms with E-state index < -0.39 is 12.6 Å². The SMILES string of the molecule is COc1cc(-c2n[nH]c(-c3ccc(N4CCN(C)CC4)cn3)c2CC(F)(F)F)cn2ncnc12. The van der Waals surface area contributed by atoms with Crippen LogP contribution in [0.25, 0.3) is 28.3 Å². The fraction of sp³-hybridized carbons (Fsp3) is 0.364. The summed E-state index contributed by atoms with van der Waals surface area (Å²) in [6, 6.07) is 5.22. The van der Waals surface area contributed by atoms with Crippen LogP contribution in [0.3, 0.4) is 0 Å². The highest BCUT2D eigenvalue weighted by Crippen LogP contribution is 2.36. The Morgan fingerprint density at radius 1 is 1.12 bits per heavy atom. The number of H-pyrrole nitrogens is 1. The number of aromatic amines is 1. The van der Waals surface area contributed by atoms with Gasteiger partial charge in [0, 0.05) is 43.5 Å². The zero-order valence-corrected chi connectivity index (χ0v) is 18.7. The lowest BCUT2D eigenvalue weighted by atomic mass is 10.0. The number of hydrogen-bond donors (Lipinski definition) is 1. The molecule has 5 rings (SSSR count). The zero-order valence-electron chi connectivity index (χ0n) is 18.7. The van der Waals surface area contributed by atoms with Crippen LogP contribution >= 0.6 is 0 Å². The Labute approximate surface area is 193 Å². The number of fused-ring (bicyclic) bond motifs is 1. The maximum atomic E-state index is 13.6. The van der Waals surface area contributed by atoms with E-state index in [2.05, 4.69) is 42.1 Å². The molecule has 0 radical (unpaired) electrons. The minimum Gasteiger partial charge on any atom is -0.493 e. The van der Waals surface area contributed by atoms with Crippen LogP contribution in [0.1, 0.15) is 5.56 Å². The molecule has 9 nitrogen and oxygen atoms in total. The van der Waals surface area contributed by atoms with Crippen LogP contribution in [0.2, 0.25) is 0 Å². The van der Waals surface area contributed by atoms with E-state index in [9.17, 15) is 13.2 Å². The number of rotatable bonds is 5. The van der Waals surface area contributed by atoms with Gasteiger partial charge in [-0.15, -0.1) is 0 Å². The van der Waals surface area contributed by atoms with Crippen molar-refractivity contribution in [3.8, 4) is 28.4 Å². The molecule has 178 valence electrons. The van der Waals surface area contributed by atoms with Crippen molar-refractivity contribution >= 4 is 11.3 Å². The first-order valence-corrected chi connectivity index (χ1v) is 10.7. The highest BCUT2D eigenvalue weighted by Gasteiger charge is 2.33. The summed E-state index contributed by atoms with van der Waals surface area (Å²) in [6.07, 6.45) is -0.972. The third kappa shape index (κ3) is 4.28. The lowest BCUT2D eigenvalue weighted by molar-refractivity contribution is -0.127. The Bertz CT molecular complexity index is 1290. The van der Waals surface area contributed by atoms with Gasteiger partial charge in [-0.1, -0.05) is 0 Å². The summed E-state index contributed by atoms with van der Waals surface area (Å²) >= 11 is 0. The Balaban J connectivity index is 1.54. The van der Waals surface area contributed by atoms with E-state index in [1.807, 2.05) is 6.07 Å². The molecule has 0 saturated carbocycles. The molecular formula is C22H23F3N8O. The molecule has 1 fully saturated rings. The van der Waals surface area contributed by atoms with Crippen molar-refractivity contribution in [2.45, 2.75) is 12.6 Å². The van der Waals surface area contributed by atoms with Crippen molar-refractivity contribution in [3.63, 3.8) is 0 Å². The first-order valence-electron chi connectivity index (χ1n) is 10.7. The number of hydrogen-bond acceptors (Lipinski definition) is 7. The monoisotopic (exact) mass is 472 g/mol. The Morgan fingerprint density at radius 2 is 1.91 bits per heavy atom. The van der Waals surface area contributed by atoms with Gasteiger partial charge in [0.1, 0.15) is 6.33 Å². The van der Waals surface area contributed by atoms with Crippen molar-refractivity contribution in [2.24, 2.45) is 0 Å². The Morgan fingerprint density at radius 3 is 2.59 bits per heavy atom. The van der Waals surface area contributed by atoms with E-state index in [0.29, 0.717) is 22.7 Å². The third-order valence-corrected chi connectivity index (χ3v) is 5.95. The number of methoxy groups -OCH3 is 1. The molecule has 34 heavy (non-hydrogen) atoms. The summed E-state index contributed by atoms with van der Waals surface area (Å²) in [5.41, 5.74) is 2.61. The van der Waals surface area contributed by atoms with Crippen molar-refractivity contribution in [3.05, 3.63) is 42.5 Å². The predicted octanol–water partition coefficient (Wildman–Crippen LogP) is 3.05. The molecule has 0 aliphatic carbocycles. The molecule has 0 atom stereocenters. The summed E-state index contributed by atoms with van der Waals surface area (Å²) in [5.74, 6) is 0.382. The van der Waals surface area contributed by atoms with Crippen LogP contribution in [-0.2, 0) is 6.42 Å². The van der Waals surface area contributed by atoms with Crippen LogP contribution in [0.5, 0.6) is 5.75 Å². The average molecular weight is 472 g/mol. The minimum absolute atomic E-state index is 0.00821. The largest absolute Gasteiger partial charge is 0.493 e.